The Morgan fingerprint density at radius 1 is 1.31 bits per heavy atom. The van der Waals surface area contributed by atoms with E-state index in [4.69, 9.17) is 30.5 Å². The molecule has 0 spiro atoms. The van der Waals surface area contributed by atoms with Crippen LogP contribution in [-0.4, -0.2) is 70.4 Å². The Balaban J connectivity index is 1.46. The fourth-order valence-corrected chi connectivity index (χ4v) is 4.24. The van der Waals surface area contributed by atoms with Gasteiger partial charge in [-0.1, -0.05) is 11.6 Å². The Morgan fingerprint density at radius 2 is 2.06 bits per heavy atom. The van der Waals surface area contributed by atoms with Crippen molar-refractivity contribution in [1.82, 2.24) is 14.6 Å². The fourth-order valence-electron chi connectivity index (χ4n) is 3.94. The third kappa shape index (κ3) is 3.52. The number of aromatic carboxylic acids is 1. The summed E-state index contributed by atoms with van der Waals surface area (Å²) in [5, 5.41) is 16.3. The molecule has 0 radical (unpaired) electrons. The molecular weight excluding hydrogens is 447 g/mol. The van der Waals surface area contributed by atoms with Crippen LogP contribution in [0.3, 0.4) is 0 Å². The molecule has 10 nitrogen and oxygen atoms in total. The van der Waals surface area contributed by atoms with Crippen LogP contribution in [0, 0.1) is 5.82 Å². The molecule has 4 heterocycles. The average molecular weight is 465 g/mol. The van der Waals surface area contributed by atoms with E-state index in [2.05, 4.69) is 15.4 Å². The van der Waals surface area contributed by atoms with Gasteiger partial charge in [0.05, 0.1) is 29.5 Å². The van der Waals surface area contributed by atoms with Crippen LogP contribution in [0.1, 0.15) is 10.4 Å². The summed E-state index contributed by atoms with van der Waals surface area (Å²) in [6, 6.07) is 3.98. The van der Waals surface area contributed by atoms with Gasteiger partial charge in [-0.15, -0.1) is 0 Å². The number of carboxylic acid groups (broad SMARTS) is 1. The zero-order valence-electron chi connectivity index (χ0n) is 16.7. The number of carbonyl (C=O) groups is 1. The first-order valence-corrected chi connectivity index (χ1v) is 10.1. The van der Waals surface area contributed by atoms with Crippen molar-refractivity contribution in [2.75, 3.05) is 25.6 Å². The molecule has 4 unspecified atom stereocenters. The number of nitrogens with zero attached hydrogens (tertiary/aromatic N) is 3. The Labute approximate surface area is 185 Å². The van der Waals surface area contributed by atoms with Gasteiger partial charge in [0.15, 0.2) is 11.9 Å². The molecule has 3 aromatic rings. The molecular formula is C20H18ClFN4O6. The van der Waals surface area contributed by atoms with E-state index in [1.807, 2.05) is 0 Å². The summed E-state index contributed by atoms with van der Waals surface area (Å²) in [6.07, 6.45) is 1.27. The number of hydrogen-bond acceptors (Lipinski definition) is 8. The van der Waals surface area contributed by atoms with Gasteiger partial charge < -0.3 is 29.4 Å². The fraction of sp³-hybridized carbons (Fsp3) is 0.350. The van der Waals surface area contributed by atoms with Crippen LogP contribution in [0.4, 0.5) is 15.9 Å². The lowest BCUT2D eigenvalue weighted by molar-refractivity contribution is -0.0138. The van der Waals surface area contributed by atoms with Crippen molar-refractivity contribution in [1.29, 1.82) is 0 Å². The maximum absolute atomic E-state index is 14.0. The number of nitrogens with one attached hydrogen (secondary N) is 1. The van der Waals surface area contributed by atoms with Gasteiger partial charge in [0, 0.05) is 19.4 Å². The average Bonchev–Trinajstić information content (AvgIpc) is 3.45. The highest BCUT2D eigenvalue weighted by atomic mass is 35.5. The molecule has 0 amide bonds. The van der Waals surface area contributed by atoms with E-state index < -0.39 is 17.9 Å². The highest BCUT2D eigenvalue weighted by Gasteiger charge is 2.49. The van der Waals surface area contributed by atoms with Gasteiger partial charge in [0.1, 0.15) is 41.7 Å². The molecule has 2 N–H and O–H groups in total. The lowest BCUT2D eigenvalue weighted by Crippen LogP contribution is -2.35. The molecule has 2 aromatic heterocycles. The number of hydrogen-bond donors (Lipinski definition) is 2. The summed E-state index contributed by atoms with van der Waals surface area (Å²) in [6.45, 7) is 0.646. The smallest absolute Gasteiger partial charge is 0.338 e. The SMILES string of the molecule is COC1COC2C(Oc3cc(F)ccc3Nc3ncnn4cc(C(=O)O)c(Cl)c34)COC12. The van der Waals surface area contributed by atoms with Gasteiger partial charge in [0.25, 0.3) is 0 Å². The van der Waals surface area contributed by atoms with E-state index in [1.165, 1.54) is 35.2 Å². The molecule has 0 saturated carbocycles. The van der Waals surface area contributed by atoms with Gasteiger partial charge in [-0.3, -0.25) is 0 Å². The van der Waals surface area contributed by atoms with Gasteiger partial charge in [-0.05, 0) is 12.1 Å². The molecule has 168 valence electrons. The van der Waals surface area contributed by atoms with E-state index in [0.29, 0.717) is 12.3 Å². The third-order valence-electron chi connectivity index (χ3n) is 5.48. The summed E-state index contributed by atoms with van der Waals surface area (Å²) in [7, 11) is 1.59. The lowest BCUT2D eigenvalue weighted by Gasteiger charge is -2.20. The number of ether oxygens (including phenoxy) is 4. The summed E-state index contributed by atoms with van der Waals surface area (Å²) >= 11 is 6.26. The van der Waals surface area contributed by atoms with Gasteiger partial charge in [0.2, 0.25) is 0 Å². The standard InChI is InChI=1S/C20H18ClFN4O6/c1-29-13-6-30-18-14(7-31-17(13)18)32-12-4-9(22)2-3-11(12)25-19-16-15(21)10(20(27)28)5-26(16)24-8-23-19/h2-5,8,13-14,17-18H,6-7H2,1H3,(H,27,28)(H,23,24,25). The van der Waals surface area contributed by atoms with Crippen molar-refractivity contribution >= 4 is 34.6 Å². The van der Waals surface area contributed by atoms with Crippen molar-refractivity contribution in [2.45, 2.75) is 24.4 Å². The Bertz CT molecular complexity index is 1190. The van der Waals surface area contributed by atoms with E-state index in [0.717, 1.165) is 0 Å². The Kier molecular flexibility index (Phi) is 5.33. The van der Waals surface area contributed by atoms with Crippen LogP contribution in [0.25, 0.3) is 5.52 Å². The minimum absolute atomic E-state index is 0.0258. The summed E-state index contributed by atoms with van der Waals surface area (Å²) in [5.74, 6) is -1.25. The van der Waals surface area contributed by atoms with Crippen molar-refractivity contribution < 1.29 is 33.2 Å². The van der Waals surface area contributed by atoms with Gasteiger partial charge in [-0.2, -0.15) is 5.10 Å². The zero-order valence-corrected chi connectivity index (χ0v) is 17.5. The maximum atomic E-state index is 14.0. The van der Waals surface area contributed by atoms with Crippen LogP contribution in [0.5, 0.6) is 5.75 Å². The van der Waals surface area contributed by atoms with E-state index in [-0.39, 0.29) is 52.6 Å². The molecule has 12 heteroatoms. The summed E-state index contributed by atoms with van der Waals surface area (Å²) < 4.78 is 38.3. The molecule has 0 bridgehead atoms. The monoisotopic (exact) mass is 464 g/mol. The van der Waals surface area contributed by atoms with E-state index in [1.54, 1.807) is 7.11 Å². The first-order chi connectivity index (χ1) is 15.5. The molecule has 2 aliphatic rings. The van der Waals surface area contributed by atoms with Crippen LogP contribution in [0.15, 0.2) is 30.7 Å². The molecule has 4 atom stereocenters. The first-order valence-electron chi connectivity index (χ1n) is 9.70. The van der Waals surface area contributed by atoms with Crippen molar-refractivity contribution in [3.05, 3.63) is 47.1 Å². The van der Waals surface area contributed by atoms with Gasteiger partial charge in [-0.25, -0.2) is 18.7 Å². The molecule has 2 fully saturated rings. The lowest BCUT2D eigenvalue weighted by atomic mass is 10.1. The van der Waals surface area contributed by atoms with Crippen molar-refractivity contribution in [3.63, 3.8) is 0 Å². The first kappa shape index (κ1) is 20.9. The van der Waals surface area contributed by atoms with Gasteiger partial charge >= 0.3 is 5.97 Å². The number of rotatable bonds is 6. The number of aromatic nitrogens is 3. The second-order valence-electron chi connectivity index (χ2n) is 7.36. The quantitative estimate of drug-likeness (QED) is 0.567. The number of benzene rings is 1. The zero-order chi connectivity index (χ0) is 22.4. The van der Waals surface area contributed by atoms with E-state index >= 15 is 0 Å². The summed E-state index contributed by atoms with van der Waals surface area (Å²) in [5.41, 5.74) is 0.532. The van der Waals surface area contributed by atoms with Crippen molar-refractivity contribution in [2.24, 2.45) is 0 Å². The number of fused-ring (bicyclic) bond motifs is 2. The number of carboxylic acids is 1. The highest BCUT2D eigenvalue weighted by Crippen LogP contribution is 2.36. The topological polar surface area (TPSA) is 116 Å². The van der Waals surface area contributed by atoms with E-state index in [9.17, 15) is 14.3 Å². The number of methoxy groups -OCH3 is 1. The predicted molar refractivity (Wildman–Crippen MR) is 109 cm³/mol. The maximum Gasteiger partial charge on any atom is 0.338 e. The normalized spacial score (nSPS) is 24.6. The minimum atomic E-state index is -1.20. The second kappa shape index (κ2) is 8.17. The molecule has 0 aliphatic carbocycles. The largest absolute Gasteiger partial charge is 0.483 e. The predicted octanol–water partition coefficient (Wildman–Crippen LogP) is 2.52. The van der Waals surface area contributed by atoms with Crippen LogP contribution in [-0.2, 0) is 14.2 Å². The Hall–Kier alpha value is -2.99. The third-order valence-corrected chi connectivity index (χ3v) is 5.87. The second-order valence-corrected chi connectivity index (χ2v) is 7.73. The number of halogens is 2. The van der Waals surface area contributed by atoms with Crippen LogP contribution >= 0.6 is 11.6 Å². The summed E-state index contributed by atoms with van der Waals surface area (Å²) in [4.78, 5) is 15.6. The highest BCUT2D eigenvalue weighted by molar-refractivity contribution is 6.37. The molecule has 1 aromatic carbocycles. The Morgan fingerprint density at radius 3 is 2.81 bits per heavy atom. The molecule has 2 aliphatic heterocycles. The van der Waals surface area contributed by atoms with Crippen molar-refractivity contribution in [3.8, 4) is 5.75 Å². The number of anilines is 2. The minimum Gasteiger partial charge on any atom is -0.483 e. The van der Waals surface area contributed by atoms with Crippen LogP contribution < -0.4 is 10.1 Å². The van der Waals surface area contributed by atoms with Crippen LogP contribution in [0.2, 0.25) is 5.02 Å². The molecule has 2 saturated heterocycles. The molecule has 32 heavy (non-hydrogen) atoms. The molecule has 5 rings (SSSR count).